The summed E-state index contributed by atoms with van der Waals surface area (Å²) in [6, 6.07) is 0. The lowest BCUT2D eigenvalue weighted by molar-refractivity contribution is -0.143. The highest BCUT2D eigenvalue weighted by Gasteiger charge is 2.09. The molecule has 4 nitrogen and oxygen atoms in total. The third-order valence-corrected chi connectivity index (χ3v) is 2.74. The molecule has 0 aromatic heterocycles. The standard InChI is InChI=1S/C15H24O4/c1-4-13(19-15(17)6-3)11-9-7-8-10-12-18-14(16)5-2/h5-6,13H,2-4,7-12H2,1H3. The molecular weight excluding hydrogens is 244 g/mol. The van der Waals surface area contributed by atoms with Crippen LogP contribution in [0.5, 0.6) is 0 Å². The van der Waals surface area contributed by atoms with Crippen molar-refractivity contribution in [2.24, 2.45) is 0 Å². The maximum atomic E-state index is 11.1. The largest absolute Gasteiger partial charge is 0.463 e. The minimum Gasteiger partial charge on any atom is -0.463 e. The van der Waals surface area contributed by atoms with Crippen molar-refractivity contribution < 1.29 is 19.1 Å². The van der Waals surface area contributed by atoms with Gasteiger partial charge in [-0.1, -0.05) is 32.9 Å². The number of unbranched alkanes of at least 4 members (excludes halogenated alkanes) is 3. The molecule has 0 aliphatic rings. The van der Waals surface area contributed by atoms with Gasteiger partial charge in [0.05, 0.1) is 6.61 Å². The minimum absolute atomic E-state index is 0.0240. The molecular formula is C15H24O4. The van der Waals surface area contributed by atoms with Crippen molar-refractivity contribution in [2.45, 2.75) is 51.6 Å². The summed E-state index contributed by atoms with van der Waals surface area (Å²) in [4.78, 5) is 21.8. The Morgan fingerprint density at radius 1 is 1.05 bits per heavy atom. The Morgan fingerprint density at radius 2 is 1.68 bits per heavy atom. The Labute approximate surface area is 115 Å². The summed E-state index contributed by atoms with van der Waals surface area (Å²) < 4.78 is 10.1. The van der Waals surface area contributed by atoms with E-state index in [1.54, 1.807) is 0 Å². The third kappa shape index (κ3) is 10.1. The normalized spacial score (nSPS) is 11.4. The molecule has 108 valence electrons. The van der Waals surface area contributed by atoms with E-state index < -0.39 is 0 Å². The van der Waals surface area contributed by atoms with E-state index in [-0.39, 0.29) is 18.0 Å². The molecule has 0 saturated carbocycles. The summed E-state index contributed by atoms with van der Waals surface area (Å²) in [5.74, 6) is -0.731. The van der Waals surface area contributed by atoms with Crippen LogP contribution in [0.1, 0.15) is 45.4 Å². The highest BCUT2D eigenvalue weighted by Crippen LogP contribution is 2.11. The zero-order chi connectivity index (χ0) is 14.5. The van der Waals surface area contributed by atoms with Crippen molar-refractivity contribution in [3.63, 3.8) is 0 Å². The molecule has 0 fully saturated rings. The summed E-state index contributed by atoms with van der Waals surface area (Å²) in [5, 5.41) is 0. The highest BCUT2D eigenvalue weighted by molar-refractivity contribution is 5.81. The topological polar surface area (TPSA) is 52.6 Å². The van der Waals surface area contributed by atoms with Crippen molar-refractivity contribution in [1.82, 2.24) is 0 Å². The first-order valence-electron chi connectivity index (χ1n) is 6.76. The van der Waals surface area contributed by atoms with Gasteiger partial charge in [0.25, 0.3) is 0 Å². The first-order valence-corrected chi connectivity index (χ1v) is 6.76. The Kier molecular flexibility index (Phi) is 10.6. The Hall–Kier alpha value is -1.58. The second-order valence-electron chi connectivity index (χ2n) is 4.25. The van der Waals surface area contributed by atoms with Gasteiger partial charge in [0, 0.05) is 12.2 Å². The van der Waals surface area contributed by atoms with E-state index >= 15 is 0 Å². The molecule has 0 rings (SSSR count). The van der Waals surface area contributed by atoms with Crippen LogP contribution in [0.15, 0.2) is 25.3 Å². The minimum atomic E-state index is -0.373. The highest BCUT2D eigenvalue weighted by atomic mass is 16.5. The number of carbonyl (C=O) groups is 2. The van der Waals surface area contributed by atoms with Gasteiger partial charge in [-0.3, -0.25) is 0 Å². The van der Waals surface area contributed by atoms with Crippen molar-refractivity contribution >= 4 is 11.9 Å². The number of ether oxygens (including phenoxy) is 2. The van der Waals surface area contributed by atoms with Gasteiger partial charge in [-0.2, -0.15) is 0 Å². The number of hydrogen-bond acceptors (Lipinski definition) is 4. The van der Waals surface area contributed by atoms with E-state index in [9.17, 15) is 9.59 Å². The van der Waals surface area contributed by atoms with Gasteiger partial charge in [0.2, 0.25) is 0 Å². The molecule has 0 aromatic carbocycles. The molecule has 0 aliphatic carbocycles. The van der Waals surface area contributed by atoms with Crippen molar-refractivity contribution in [3.05, 3.63) is 25.3 Å². The van der Waals surface area contributed by atoms with Crippen LogP contribution in [0.25, 0.3) is 0 Å². The van der Waals surface area contributed by atoms with E-state index in [1.165, 1.54) is 12.2 Å². The molecule has 0 N–H and O–H groups in total. The van der Waals surface area contributed by atoms with Crippen LogP contribution in [0, 0.1) is 0 Å². The SMILES string of the molecule is C=CC(=O)OCCCCCCC(CC)OC(=O)C=C. The molecule has 4 heteroatoms. The molecule has 0 spiro atoms. The van der Waals surface area contributed by atoms with Crippen molar-refractivity contribution in [3.8, 4) is 0 Å². The smallest absolute Gasteiger partial charge is 0.330 e. The van der Waals surface area contributed by atoms with Gasteiger partial charge in [0.1, 0.15) is 6.10 Å². The van der Waals surface area contributed by atoms with Crippen molar-refractivity contribution in [1.29, 1.82) is 0 Å². The molecule has 0 aromatic rings. The maximum Gasteiger partial charge on any atom is 0.330 e. The van der Waals surface area contributed by atoms with Gasteiger partial charge < -0.3 is 9.47 Å². The molecule has 1 atom stereocenters. The lowest BCUT2D eigenvalue weighted by atomic mass is 10.1. The van der Waals surface area contributed by atoms with Crippen molar-refractivity contribution in [2.75, 3.05) is 6.61 Å². The molecule has 0 aliphatic heterocycles. The molecule has 0 saturated heterocycles. The molecule has 0 radical (unpaired) electrons. The van der Waals surface area contributed by atoms with Crippen LogP contribution < -0.4 is 0 Å². The second-order valence-corrected chi connectivity index (χ2v) is 4.25. The van der Waals surface area contributed by atoms with E-state index in [0.717, 1.165) is 38.5 Å². The number of carbonyl (C=O) groups excluding carboxylic acids is 2. The fourth-order valence-electron chi connectivity index (χ4n) is 1.62. The maximum absolute atomic E-state index is 11.1. The summed E-state index contributed by atoms with van der Waals surface area (Å²) in [6.45, 7) is 9.14. The van der Waals surface area contributed by atoms with Crippen LogP contribution in [0.2, 0.25) is 0 Å². The van der Waals surface area contributed by atoms with E-state index in [0.29, 0.717) is 6.61 Å². The number of rotatable bonds is 11. The van der Waals surface area contributed by atoms with Crippen LogP contribution >= 0.6 is 0 Å². The van der Waals surface area contributed by atoms with Gasteiger partial charge in [0.15, 0.2) is 0 Å². The quantitative estimate of drug-likeness (QED) is 0.328. The number of esters is 2. The Morgan fingerprint density at radius 3 is 2.26 bits per heavy atom. The van der Waals surface area contributed by atoms with Crippen LogP contribution in [-0.2, 0) is 19.1 Å². The summed E-state index contributed by atoms with van der Waals surface area (Å²) in [6.07, 6.45) is 7.89. The first-order chi connectivity index (χ1) is 9.13. The molecule has 0 amide bonds. The molecule has 0 heterocycles. The fourth-order valence-corrected chi connectivity index (χ4v) is 1.62. The van der Waals surface area contributed by atoms with Crippen LogP contribution in [0.4, 0.5) is 0 Å². The monoisotopic (exact) mass is 268 g/mol. The van der Waals surface area contributed by atoms with Gasteiger partial charge in [-0.15, -0.1) is 0 Å². The lowest BCUT2D eigenvalue weighted by Gasteiger charge is -2.14. The summed E-state index contributed by atoms with van der Waals surface area (Å²) in [7, 11) is 0. The van der Waals surface area contributed by atoms with Gasteiger partial charge in [-0.05, 0) is 25.7 Å². The van der Waals surface area contributed by atoms with Crippen LogP contribution in [0.3, 0.4) is 0 Å². The third-order valence-electron chi connectivity index (χ3n) is 2.74. The average molecular weight is 268 g/mol. The molecule has 19 heavy (non-hydrogen) atoms. The predicted molar refractivity (Wildman–Crippen MR) is 74.6 cm³/mol. The van der Waals surface area contributed by atoms with Gasteiger partial charge >= 0.3 is 11.9 Å². The predicted octanol–water partition coefficient (Wildman–Crippen LogP) is 3.17. The van der Waals surface area contributed by atoms with E-state index in [4.69, 9.17) is 9.47 Å². The summed E-state index contributed by atoms with van der Waals surface area (Å²) in [5.41, 5.74) is 0. The molecule has 1 unspecified atom stereocenters. The second kappa shape index (κ2) is 11.5. The van der Waals surface area contributed by atoms with Crippen LogP contribution in [-0.4, -0.2) is 24.6 Å². The first kappa shape index (κ1) is 17.4. The summed E-state index contributed by atoms with van der Waals surface area (Å²) >= 11 is 0. The molecule has 0 bridgehead atoms. The Balaban J connectivity index is 3.50. The lowest BCUT2D eigenvalue weighted by Crippen LogP contribution is -2.15. The zero-order valence-electron chi connectivity index (χ0n) is 11.7. The Bertz CT molecular complexity index is 297. The van der Waals surface area contributed by atoms with Gasteiger partial charge in [-0.25, -0.2) is 9.59 Å². The zero-order valence-corrected chi connectivity index (χ0v) is 11.7. The fraction of sp³-hybridized carbons (Fsp3) is 0.600. The number of hydrogen-bond donors (Lipinski definition) is 0. The average Bonchev–Trinajstić information content (AvgIpc) is 2.44. The van der Waals surface area contributed by atoms with E-state index in [2.05, 4.69) is 13.2 Å². The van der Waals surface area contributed by atoms with E-state index in [1.807, 2.05) is 6.92 Å².